The molecule has 1 N–H and O–H groups in total. The van der Waals surface area contributed by atoms with Crippen molar-refractivity contribution < 1.29 is 9.84 Å². The van der Waals surface area contributed by atoms with Gasteiger partial charge in [0.1, 0.15) is 12.4 Å². The third kappa shape index (κ3) is 5.40. The summed E-state index contributed by atoms with van der Waals surface area (Å²) < 4.78 is 6.83. The quantitative estimate of drug-likeness (QED) is 0.855. The first-order valence-electron chi connectivity index (χ1n) is 7.22. The zero-order valence-electron chi connectivity index (χ0n) is 11.8. The predicted octanol–water partition coefficient (Wildman–Crippen LogP) is 1.83. The van der Waals surface area contributed by atoms with Crippen LogP contribution in [0.5, 0.6) is 5.75 Å². The summed E-state index contributed by atoms with van der Waals surface area (Å²) in [5, 5.41) is 8.99. The van der Waals surface area contributed by atoms with Crippen molar-refractivity contribution in [3.63, 3.8) is 0 Å². The number of aliphatic hydroxyl groups is 1. The summed E-state index contributed by atoms with van der Waals surface area (Å²) in [7, 11) is 0. The molecule has 1 aromatic rings. The third-order valence-electron chi connectivity index (χ3n) is 3.57. The minimum atomic E-state index is 0.256. The molecule has 4 nitrogen and oxygen atoms in total. The Balaban J connectivity index is 1.69. The summed E-state index contributed by atoms with van der Waals surface area (Å²) in [4.78, 5) is 4.77. The number of halogens is 1. The fourth-order valence-corrected chi connectivity index (χ4v) is 2.84. The van der Waals surface area contributed by atoms with E-state index in [1.807, 2.05) is 24.3 Å². The van der Waals surface area contributed by atoms with Crippen LogP contribution in [0.4, 0.5) is 0 Å². The molecule has 0 amide bonds. The van der Waals surface area contributed by atoms with Gasteiger partial charge in [-0.15, -0.1) is 0 Å². The molecular weight excluding hydrogens is 320 g/mol. The van der Waals surface area contributed by atoms with Crippen LogP contribution in [0, 0.1) is 0 Å². The van der Waals surface area contributed by atoms with Crippen LogP contribution < -0.4 is 4.74 Å². The Morgan fingerprint density at radius 3 is 2.55 bits per heavy atom. The van der Waals surface area contributed by atoms with Crippen molar-refractivity contribution in [2.75, 3.05) is 52.5 Å². The second-order valence-electron chi connectivity index (χ2n) is 5.07. The fraction of sp³-hybridized carbons (Fsp3) is 0.600. The third-order valence-corrected chi connectivity index (χ3v) is 4.06. The molecule has 0 saturated carbocycles. The Kier molecular flexibility index (Phi) is 6.79. The summed E-state index contributed by atoms with van der Waals surface area (Å²) in [5.74, 6) is 0.913. The van der Waals surface area contributed by atoms with Crippen LogP contribution in [-0.2, 0) is 0 Å². The van der Waals surface area contributed by atoms with Crippen molar-refractivity contribution in [2.24, 2.45) is 0 Å². The lowest BCUT2D eigenvalue weighted by Gasteiger charge is -2.21. The number of hydrogen-bond donors (Lipinski definition) is 1. The molecule has 1 fully saturated rings. The van der Waals surface area contributed by atoms with Gasteiger partial charge in [-0.25, -0.2) is 0 Å². The first kappa shape index (κ1) is 15.8. The highest BCUT2D eigenvalue weighted by atomic mass is 79.9. The van der Waals surface area contributed by atoms with Gasteiger partial charge in [-0.05, 0) is 37.7 Å². The van der Waals surface area contributed by atoms with Crippen LogP contribution in [0.25, 0.3) is 0 Å². The van der Waals surface area contributed by atoms with Gasteiger partial charge in [0.15, 0.2) is 0 Å². The van der Waals surface area contributed by atoms with E-state index in [1.165, 1.54) is 0 Å². The van der Waals surface area contributed by atoms with E-state index in [4.69, 9.17) is 9.84 Å². The predicted molar refractivity (Wildman–Crippen MR) is 84.2 cm³/mol. The molecule has 20 heavy (non-hydrogen) atoms. The lowest BCUT2D eigenvalue weighted by molar-refractivity contribution is 0.188. The standard InChI is InChI=1S/C15H23BrN2O2/c16-14-3-1-4-15(13-14)20-12-10-18-6-2-5-17(7-8-18)9-11-19/h1,3-4,13,19H,2,5-12H2. The van der Waals surface area contributed by atoms with Crippen LogP contribution in [0.3, 0.4) is 0 Å². The number of nitrogens with zero attached hydrogens (tertiary/aromatic N) is 2. The zero-order valence-corrected chi connectivity index (χ0v) is 13.4. The number of rotatable bonds is 6. The summed E-state index contributed by atoms with van der Waals surface area (Å²) in [6, 6.07) is 7.96. The van der Waals surface area contributed by atoms with Crippen molar-refractivity contribution in [3.8, 4) is 5.75 Å². The molecule has 1 aromatic carbocycles. The number of hydrogen-bond acceptors (Lipinski definition) is 4. The molecule has 0 aromatic heterocycles. The molecule has 0 spiro atoms. The van der Waals surface area contributed by atoms with Gasteiger partial charge in [0.2, 0.25) is 0 Å². The molecule has 112 valence electrons. The van der Waals surface area contributed by atoms with E-state index in [0.717, 1.165) is 62.5 Å². The molecule has 1 saturated heterocycles. The van der Waals surface area contributed by atoms with E-state index in [9.17, 15) is 0 Å². The fourth-order valence-electron chi connectivity index (χ4n) is 2.46. The average Bonchev–Trinajstić information content (AvgIpc) is 2.65. The zero-order chi connectivity index (χ0) is 14.2. The van der Waals surface area contributed by atoms with Gasteiger partial charge in [-0.1, -0.05) is 22.0 Å². The maximum Gasteiger partial charge on any atom is 0.120 e. The topological polar surface area (TPSA) is 35.9 Å². The van der Waals surface area contributed by atoms with Gasteiger partial charge in [0, 0.05) is 30.7 Å². The summed E-state index contributed by atoms with van der Waals surface area (Å²) in [6.45, 7) is 7.02. The highest BCUT2D eigenvalue weighted by molar-refractivity contribution is 9.10. The van der Waals surface area contributed by atoms with Crippen molar-refractivity contribution in [2.45, 2.75) is 6.42 Å². The van der Waals surface area contributed by atoms with Crippen LogP contribution in [0.2, 0.25) is 0 Å². The minimum absolute atomic E-state index is 0.256. The molecule has 0 aliphatic carbocycles. The van der Waals surface area contributed by atoms with Crippen molar-refractivity contribution >= 4 is 15.9 Å². The normalized spacial score (nSPS) is 17.9. The van der Waals surface area contributed by atoms with Gasteiger partial charge >= 0.3 is 0 Å². The van der Waals surface area contributed by atoms with E-state index in [1.54, 1.807) is 0 Å². The van der Waals surface area contributed by atoms with Gasteiger partial charge < -0.3 is 9.84 Å². The van der Waals surface area contributed by atoms with Crippen molar-refractivity contribution in [1.29, 1.82) is 0 Å². The Labute approximate surface area is 129 Å². The van der Waals surface area contributed by atoms with Crippen LogP contribution in [-0.4, -0.2) is 67.4 Å². The Morgan fingerprint density at radius 2 is 1.85 bits per heavy atom. The van der Waals surface area contributed by atoms with Gasteiger partial charge in [0.05, 0.1) is 6.61 Å². The maximum atomic E-state index is 8.99. The van der Waals surface area contributed by atoms with Gasteiger partial charge in [-0.3, -0.25) is 9.80 Å². The van der Waals surface area contributed by atoms with E-state index in [2.05, 4.69) is 25.7 Å². The van der Waals surface area contributed by atoms with E-state index < -0.39 is 0 Å². The lowest BCUT2D eigenvalue weighted by Crippen LogP contribution is -2.34. The first-order valence-corrected chi connectivity index (χ1v) is 8.01. The van der Waals surface area contributed by atoms with Crippen LogP contribution >= 0.6 is 15.9 Å². The maximum absolute atomic E-state index is 8.99. The molecule has 0 unspecified atom stereocenters. The number of ether oxygens (including phenoxy) is 1. The summed E-state index contributed by atoms with van der Waals surface area (Å²) >= 11 is 3.45. The van der Waals surface area contributed by atoms with Crippen LogP contribution in [0.1, 0.15) is 6.42 Å². The second-order valence-corrected chi connectivity index (χ2v) is 5.98. The highest BCUT2D eigenvalue weighted by Crippen LogP contribution is 2.17. The summed E-state index contributed by atoms with van der Waals surface area (Å²) in [5.41, 5.74) is 0. The molecule has 1 aliphatic heterocycles. The smallest absolute Gasteiger partial charge is 0.120 e. The SMILES string of the molecule is OCCN1CCCN(CCOc2cccc(Br)c2)CC1. The first-order chi connectivity index (χ1) is 9.78. The molecule has 1 aliphatic rings. The van der Waals surface area contributed by atoms with Crippen LogP contribution in [0.15, 0.2) is 28.7 Å². The summed E-state index contributed by atoms with van der Waals surface area (Å²) in [6.07, 6.45) is 1.16. The van der Waals surface area contributed by atoms with E-state index >= 15 is 0 Å². The van der Waals surface area contributed by atoms with Gasteiger partial charge in [-0.2, -0.15) is 0 Å². The lowest BCUT2D eigenvalue weighted by atomic mass is 10.3. The molecule has 0 bridgehead atoms. The van der Waals surface area contributed by atoms with Crippen molar-refractivity contribution in [1.82, 2.24) is 9.80 Å². The second kappa shape index (κ2) is 8.62. The number of benzene rings is 1. The number of β-amino-alcohol motifs (C(OH)–C–C–N with tert-alkyl or cyclic N) is 1. The van der Waals surface area contributed by atoms with E-state index in [-0.39, 0.29) is 6.61 Å². The molecule has 2 rings (SSSR count). The molecule has 0 atom stereocenters. The molecular formula is C15H23BrN2O2. The molecule has 5 heteroatoms. The monoisotopic (exact) mass is 342 g/mol. The number of aliphatic hydroxyl groups excluding tert-OH is 1. The van der Waals surface area contributed by atoms with Crippen molar-refractivity contribution in [3.05, 3.63) is 28.7 Å². The largest absolute Gasteiger partial charge is 0.492 e. The average molecular weight is 343 g/mol. The Morgan fingerprint density at radius 1 is 1.10 bits per heavy atom. The van der Waals surface area contributed by atoms with E-state index in [0.29, 0.717) is 0 Å². The molecule has 0 radical (unpaired) electrons. The van der Waals surface area contributed by atoms with Gasteiger partial charge in [0.25, 0.3) is 0 Å². The highest BCUT2D eigenvalue weighted by Gasteiger charge is 2.13. The molecule has 1 heterocycles. The Hall–Kier alpha value is -0.620. The minimum Gasteiger partial charge on any atom is -0.492 e. The Bertz CT molecular complexity index is 403.